The molecule has 0 bridgehead atoms. The molecule has 0 aliphatic rings. The molecule has 0 saturated heterocycles. The van der Waals surface area contributed by atoms with E-state index in [9.17, 15) is 5.11 Å². The Hall–Kier alpha value is -0.466. The van der Waals surface area contributed by atoms with Crippen LogP contribution in [-0.2, 0) is 8.85 Å². The molecule has 0 aromatic carbocycles. The number of aliphatic hydroxyl groups excluding tert-OH is 1. The number of rotatable bonds is 12. The smallest absolute Gasteiger partial charge is 0.192 e. The molecule has 1 N–H and O–H groups in total. The summed E-state index contributed by atoms with van der Waals surface area (Å²) in [7, 11) is -3.60. The van der Waals surface area contributed by atoms with Gasteiger partial charge in [-0.2, -0.15) is 0 Å². The van der Waals surface area contributed by atoms with Gasteiger partial charge in [0.05, 0.1) is 12.7 Å². The van der Waals surface area contributed by atoms with Crippen LogP contribution in [0.5, 0.6) is 0 Å². The lowest BCUT2D eigenvalue weighted by atomic mass is 10.0. The van der Waals surface area contributed by atoms with Gasteiger partial charge in [-0.15, -0.1) is 0 Å². The third-order valence-electron chi connectivity index (χ3n) is 6.85. The Morgan fingerprint density at radius 1 is 0.935 bits per heavy atom. The van der Waals surface area contributed by atoms with Gasteiger partial charge < -0.3 is 14.0 Å². The summed E-state index contributed by atoms with van der Waals surface area (Å²) < 4.78 is 13.0. The van der Waals surface area contributed by atoms with E-state index >= 15 is 0 Å². The molecule has 5 heteroatoms. The second-order valence-electron chi connectivity index (χ2n) is 11.8. The molecule has 0 rings (SSSR count). The van der Waals surface area contributed by atoms with Crippen molar-refractivity contribution in [3.8, 4) is 0 Å². The van der Waals surface area contributed by atoms with Crippen molar-refractivity contribution in [1.29, 1.82) is 0 Å². The molecular formula is C26H52O3Si2. The second kappa shape index (κ2) is 12.7. The molecule has 182 valence electrons. The first kappa shape index (κ1) is 30.5. The van der Waals surface area contributed by atoms with Crippen molar-refractivity contribution in [2.45, 2.75) is 111 Å². The van der Waals surface area contributed by atoms with Crippen molar-refractivity contribution in [1.82, 2.24) is 0 Å². The SMILES string of the molecule is CCC(=C/[C@H](C)CO)/C=C/[C@@H](C/C=C\CO[Si](C)(C)C(C)(C)C)O[Si](C)(C)C(C)(C)C. The maximum atomic E-state index is 9.37. The van der Waals surface area contributed by atoms with Crippen molar-refractivity contribution in [3.05, 3.63) is 36.0 Å². The molecule has 0 amide bonds. The van der Waals surface area contributed by atoms with Crippen molar-refractivity contribution in [2.24, 2.45) is 5.92 Å². The highest BCUT2D eigenvalue weighted by molar-refractivity contribution is 6.74. The molecule has 0 heterocycles. The van der Waals surface area contributed by atoms with Crippen LogP contribution in [0.1, 0.15) is 68.2 Å². The third kappa shape index (κ3) is 11.3. The van der Waals surface area contributed by atoms with Crippen LogP contribution in [0.25, 0.3) is 0 Å². The fraction of sp³-hybridized carbons (Fsp3) is 0.769. The van der Waals surface area contributed by atoms with Gasteiger partial charge >= 0.3 is 0 Å². The van der Waals surface area contributed by atoms with Crippen LogP contribution in [0.4, 0.5) is 0 Å². The van der Waals surface area contributed by atoms with E-state index < -0.39 is 16.6 Å². The molecule has 2 atom stereocenters. The van der Waals surface area contributed by atoms with Crippen LogP contribution in [0, 0.1) is 5.92 Å². The molecule has 0 aliphatic carbocycles. The maximum absolute atomic E-state index is 9.37. The second-order valence-corrected chi connectivity index (χ2v) is 21.4. The number of aliphatic hydroxyl groups is 1. The zero-order valence-electron chi connectivity index (χ0n) is 22.6. The van der Waals surface area contributed by atoms with E-state index in [0.717, 1.165) is 12.8 Å². The predicted molar refractivity (Wildman–Crippen MR) is 143 cm³/mol. The lowest BCUT2D eigenvalue weighted by Crippen LogP contribution is -2.43. The first-order valence-electron chi connectivity index (χ1n) is 11.9. The van der Waals surface area contributed by atoms with Gasteiger partial charge in [-0.1, -0.05) is 91.3 Å². The van der Waals surface area contributed by atoms with Gasteiger partial charge in [0, 0.05) is 6.61 Å². The highest BCUT2D eigenvalue weighted by Gasteiger charge is 2.39. The predicted octanol–water partition coefficient (Wildman–Crippen LogP) is 7.87. The zero-order valence-corrected chi connectivity index (χ0v) is 24.6. The van der Waals surface area contributed by atoms with Gasteiger partial charge in [-0.25, -0.2) is 0 Å². The molecule has 0 spiro atoms. The molecule has 3 nitrogen and oxygen atoms in total. The fourth-order valence-corrected chi connectivity index (χ4v) is 4.66. The van der Waals surface area contributed by atoms with Gasteiger partial charge in [-0.3, -0.25) is 0 Å². The Kier molecular flexibility index (Phi) is 12.5. The van der Waals surface area contributed by atoms with Crippen LogP contribution in [0.3, 0.4) is 0 Å². The third-order valence-corrected chi connectivity index (χ3v) is 15.9. The first-order valence-corrected chi connectivity index (χ1v) is 17.7. The van der Waals surface area contributed by atoms with Crippen molar-refractivity contribution in [3.63, 3.8) is 0 Å². The normalized spacial score (nSPS) is 17.0. The monoisotopic (exact) mass is 468 g/mol. The van der Waals surface area contributed by atoms with Crippen LogP contribution in [0.2, 0.25) is 36.3 Å². The minimum absolute atomic E-state index is 0.0457. The highest BCUT2D eigenvalue weighted by Crippen LogP contribution is 2.38. The summed E-state index contributed by atoms with van der Waals surface area (Å²) in [5.74, 6) is 0.173. The fourth-order valence-electron chi connectivity index (χ4n) is 2.43. The highest BCUT2D eigenvalue weighted by atomic mass is 28.4. The molecule has 0 saturated carbocycles. The summed E-state index contributed by atoms with van der Waals surface area (Å²) in [6.45, 7) is 27.9. The average Bonchev–Trinajstić information content (AvgIpc) is 2.61. The summed E-state index contributed by atoms with van der Waals surface area (Å²) in [6, 6.07) is 0. The first-order chi connectivity index (χ1) is 14.0. The van der Waals surface area contributed by atoms with Crippen LogP contribution >= 0.6 is 0 Å². The summed E-state index contributed by atoms with van der Waals surface area (Å²) in [5, 5.41) is 9.77. The van der Waals surface area contributed by atoms with Crippen LogP contribution in [-0.4, -0.2) is 41.1 Å². The zero-order chi connectivity index (χ0) is 24.5. The Labute approximate surface area is 196 Å². The largest absolute Gasteiger partial charge is 0.413 e. The molecule has 0 aromatic rings. The molecule has 31 heavy (non-hydrogen) atoms. The Morgan fingerprint density at radius 3 is 1.94 bits per heavy atom. The molecule has 0 unspecified atom stereocenters. The van der Waals surface area contributed by atoms with Gasteiger partial charge in [0.2, 0.25) is 0 Å². The van der Waals surface area contributed by atoms with Crippen molar-refractivity contribution >= 4 is 16.6 Å². The average molecular weight is 469 g/mol. The van der Waals surface area contributed by atoms with Gasteiger partial charge in [0.1, 0.15) is 0 Å². The summed E-state index contributed by atoms with van der Waals surface area (Å²) in [6.07, 6.45) is 12.7. The van der Waals surface area contributed by atoms with E-state index in [2.05, 4.69) is 105 Å². The Morgan fingerprint density at radius 2 is 1.48 bits per heavy atom. The van der Waals surface area contributed by atoms with E-state index in [1.54, 1.807) is 0 Å². The Bertz CT molecular complexity index is 605. The van der Waals surface area contributed by atoms with Crippen molar-refractivity contribution < 1.29 is 14.0 Å². The van der Waals surface area contributed by atoms with Gasteiger partial charge in [0.15, 0.2) is 16.6 Å². The van der Waals surface area contributed by atoms with Gasteiger partial charge in [0.25, 0.3) is 0 Å². The summed E-state index contributed by atoms with van der Waals surface area (Å²) >= 11 is 0. The molecule has 0 aliphatic heterocycles. The van der Waals surface area contributed by atoms with Crippen molar-refractivity contribution in [2.75, 3.05) is 13.2 Å². The molecule has 0 aromatic heterocycles. The van der Waals surface area contributed by atoms with Crippen LogP contribution < -0.4 is 0 Å². The minimum Gasteiger partial charge on any atom is -0.413 e. The van der Waals surface area contributed by atoms with E-state index in [1.807, 2.05) is 6.92 Å². The molecule has 0 radical (unpaired) electrons. The molecule has 0 fully saturated rings. The summed E-state index contributed by atoms with van der Waals surface area (Å²) in [4.78, 5) is 0. The lowest BCUT2D eigenvalue weighted by molar-refractivity contribution is 0.227. The van der Waals surface area contributed by atoms with E-state index in [-0.39, 0.29) is 28.7 Å². The standard InChI is InChI=1S/C26H52O3Si2/c1-13-23(20-22(2)21-27)17-18-24(29-31(11,12)26(6,7)8)16-14-15-19-28-30(9,10)25(3,4)5/h14-15,17-18,20,22,24,27H,13,16,19,21H2,1-12H3/b15-14-,18-17+,23-20-/t22-,24+/m0/s1. The lowest BCUT2D eigenvalue weighted by Gasteiger charge is -2.38. The topological polar surface area (TPSA) is 38.7 Å². The van der Waals surface area contributed by atoms with Crippen LogP contribution in [0.15, 0.2) is 36.0 Å². The maximum Gasteiger partial charge on any atom is 0.192 e. The van der Waals surface area contributed by atoms with E-state index in [1.165, 1.54) is 5.57 Å². The Balaban J connectivity index is 5.33. The van der Waals surface area contributed by atoms with E-state index in [4.69, 9.17) is 8.85 Å². The minimum atomic E-state index is -1.88. The molecular weight excluding hydrogens is 416 g/mol. The number of allylic oxidation sites excluding steroid dienone is 2. The van der Waals surface area contributed by atoms with Gasteiger partial charge in [-0.05, 0) is 55.0 Å². The summed E-state index contributed by atoms with van der Waals surface area (Å²) in [5.41, 5.74) is 1.25. The van der Waals surface area contributed by atoms with E-state index in [0.29, 0.717) is 6.61 Å². The number of hydrogen-bond acceptors (Lipinski definition) is 3. The quantitative estimate of drug-likeness (QED) is 0.180. The number of hydrogen-bond donors (Lipinski definition) is 1.